The molecule has 2 aromatic rings. The Hall–Kier alpha value is -2.58. The summed E-state index contributed by atoms with van der Waals surface area (Å²) in [7, 11) is 0. The van der Waals surface area contributed by atoms with Crippen molar-refractivity contribution >= 4 is 23.6 Å². The first-order valence-corrected chi connectivity index (χ1v) is 14.3. The molecule has 1 N–H and O–H groups in total. The zero-order valence-corrected chi connectivity index (χ0v) is 24.0. The van der Waals surface area contributed by atoms with Crippen LogP contribution in [0.1, 0.15) is 81.8 Å². The Bertz CT molecular complexity index is 1100. The number of piperidine rings is 2. The van der Waals surface area contributed by atoms with Crippen LogP contribution in [0.3, 0.4) is 0 Å². The largest absolute Gasteiger partial charge is 0.444 e. The molecule has 0 bridgehead atoms. The molecule has 2 amide bonds. The number of ether oxygens (including phenoxy) is 1. The first-order chi connectivity index (χ1) is 18.1. The molecule has 2 aliphatic rings. The maximum absolute atomic E-state index is 13.4. The Kier molecular flexibility index (Phi) is 9.36. The minimum absolute atomic E-state index is 0.0588. The van der Waals surface area contributed by atoms with Crippen LogP contribution in [0.4, 0.5) is 4.79 Å². The van der Waals surface area contributed by atoms with Gasteiger partial charge in [0.05, 0.1) is 28.2 Å². The highest BCUT2D eigenvalue weighted by Gasteiger charge is 2.32. The Morgan fingerprint density at radius 3 is 2.42 bits per heavy atom. The van der Waals surface area contributed by atoms with Crippen molar-refractivity contribution in [3.63, 3.8) is 0 Å². The molecule has 0 saturated carbocycles. The number of nitrogens with one attached hydrogen (secondary N) is 1. The van der Waals surface area contributed by atoms with Gasteiger partial charge in [0.25, 0.3) is 5.91 Å². The van der Waals surface area contributed by atoms with Crippen molar-refractivity contribution in [2.45, 2.75) is 71.3 Å². The minimum atomic E-state index is -0.533. The Morgan fingerprint density at radius 1 is 1.08 bits per heavy atom. The van der Waals surface area contributed by atoms with Crippen molar-refractivity contribution in [1.82, 2.24) is 24.9 Å². The number of benzene rings is 1. The molecule has 9 heteroatoms. The van der Waals surface area contributed by atoms with Gasteiger partial charge in [-0.05, 0) is 90.6 Å². The molecule has 38 heavy (non-hydrogen) atoms. The van der Waals surface area contributed by atoms with Crippen LogP contribution in [0.25, 0.3) is 5.69 Å². The zero-order valence-electron chi connectivity index (χ0n) is 23.2. The summed E-state index contributed by atoms with van der Waals surface area (Å²) in [5.41, 5.74) is 1.64. The number of aromatic nitrogens is 2. The fourth-order valence-corrected chi connectivity index (χ4v) is 5.50. The normalized spacial score (nSPS) is 18.0. The van der Waals surface area contributed by atoms with Gasteiger partial charge in [-0.3, -0.25) is 4.79 Å². The summed E-state index contributed by atoms with van der Waals surface area (Å²) < 4.78 is 7.37. The highest BCUT2D eigenvalue weighted by atomic mass is 35.5. The van der Waals surface area contributed by atoms with E-state index in [4.69, 9.17) is 16.3 Å². The minimum Gasteiger partial charge on any atom is -0.444 e. The predicted molar refractivity (Wildman–Crippen MR) is 150 cm³/mol. The lowest BCUT2D eigenvalue weighted by Crippen LogP contribution is -2.41. The summed E-state index contributed by atoms with van der Waals surface area (Å²) in [4.78, 5) is 30.2. The highest BCUT2D eigenvalue weighted by Crippen LogP contribution is 2.34. The van der Waals surface area contributed by atoms with Crippen molar-refractivity contribution in [2.75, 3.05) is 39.3 Å². The average molecular weight is 544 g/mol. The molecular formula is C29H42ClN5O3. The van der Waals surface area contributed by atoms with Crippen molar-refractivity contribution in [2.24, 2.45) is 5.92 Å². The van der Waals surface area contributed by atoms with Crippen LogP contribution in [-0.2, 0) is 4.74 Å². The topological polar surface area (TPSA) is 79.7 Å². The van der Waals surface area contributed by atoms with E-state index in [9.17, 15) is 9.59 Å². The van der Waals surface area contributed by atoms with Crippen molar-refractivity contribution in [3.05, 3.63) is 46.7 Å². The monoisotopic (exact) mass is 543 g/mol. The van der Waals surface area contributed by atoms with Crippen molar-refractivity contribution in [3.8, 4) is 5.69 Å². The number of carbonyl (C=O) groups excluding carboxylic acids is 2. The van der Waals surface area contributed by atoms with Gasteiger partial charge in [-0.25, -0.2) is 9.48 Å². The smallest absolute Gasteiger partial charge is 0.410 e. The van der Waals surface area contributed by atoms with E-state index in [1.54, 1.807) is 15.8 Å². The number of carbonyl (C=O) groups is 2. The summed E-state index contributed by atoms with van der Waals surface area (Å²) >= 11 is 6.53. The maximum atomic E-state index is 13.4. The van der Waals surface area contributed by atoms with Crippen LogP contribution in [0, 0.1) is 5.92 Å². The van der Waals surface area contributed by atoms with Gasteiger partial charge in [0, 0.05) is 25.6 Å². The summed E-state index contributed by atoms with van der Waals surface area (Å²) in [5.74, 6) is 0.763. The second-order valence-electron chi connectivity index (χ2n) is 11.7. The second kappa shape index (κ2) is 12.5. The Morgan fingerprint density at radius 2 is 1.76 bits per heavy atom. The van der Waals surface area contributed by atoms with Gasteiger partial charge in [-0.2, -0.15) is 5.10 Å². The van der Waals surface area contributed by atoms with E-state index in [2.05, 4.69) is 22.2 Å². The van der Waals surface area contributed by atoms with Gasteiger partial charge in [-0.15, -0.1) is 0 Å². The van der Waals surface area contributed by atoms with Gasteiger partial charge in [0.15, 0.2) is 0 Å². The molecule has 208 valence electrons. The van der Waals surface area contributed by atoms with Gasteiger partial charge in [0.2, 0.25) is 0 Å². The summed E-state index contributed by atoms with van der Waals surface area (Å²) in [5, 5.41) is 8.31. The molecule has 2 fully saturated rings. The molecule has 8 nitrogen and oxygen atoms in total. The highest BCUT2D eigenvalue weighted by molar-refractivity contribution is 6.32. The number of halogens is 1. The van der Waals surface area contributed by atoms with E-state index >= 15 is 0 Å². The summed E-state index contributed by atoms with van der Waals surface area (Å²) in [6.45, 7) is 13.0. The van der Waals surface area contributed by atoms with Crippen molar-refractivity contribution < 1.29 is 14.3 Å². The number of rotatable bonds is 7. The van der Waals surface area contributed by atoms with Gasteiger partial charge >= 0.3 is 6.09 Å². The van der Waals surface area contributed by atoms with Crippen LogP contribution in [-0.4, -0.2) is 76.5 Å². The summed E-state index contributed by atoms with van der Waals surface area (Å²) in [6, 6.07) is 7.54. The third-order valence-corrected chi connectivity index (χ3v) is 7.80. The van der Waals surface area contributed by atoms with Crippen LogP contribution in [0.2, 0.25) is 5.02 Å². The third-order valence-electron chi connectivity index (χ3n) is 7.48. The van der Waals surface area contributed by atoms with Gasteiger partial charge in [0.1, 0.15) is 5.60 Å². The SMILES string of the molecule is CC1CCN(CCCNC(=O)c2cnn(-c3ccccc3Cl)c2C2CCN(C(=O)OC(C)(C)C)CC2)CC1. The molecule has 1 aromatic carbocycles. The average Bonchev–Trinajstić information content (AvgIpc) is 3.32. The molecule has 0 radical (unpaired) electrons. The molecule has 4 rings (SSSR count). The van der Waals surface area contributed by atoms with Crippen molar-refractivity contribution in [1.29, 1.82) is 0 Å². The molecule has 0 spiro atoms. The lowest BCUT2D eigenvalue weighted by molar-refractivity contribution is 0.0203. The van der Waals surface area contributed by atoms with Crippen LogP contribution >= 0.6 is 11.6 Å². The Labute approximate surface area is 231 Å². The Balaban J connectivity index is 1.45. The van der Waals surface area contributed by atoms with E-state index in [-0.39, 0.29) is 17.9 Å². The quantitative estimate of drug-likeness (QED) is 0.467. The zero-order chi connectivity index (χ0) is 27.3. The van der Waals surface area contributed by atoms with Crippen LogP contribution in [0.5, 0.6) is 0 Å². The third kappa shape index (κ3) is 7.29. The van der Waals surface area contributed by atoms with Gasteiger partial charge in [-0.1, -0.05) is 30.7 Å². The lowest BCUT2D eigenvalue weighted by atomic mass is 9.91. The number of para-hydroxylation sites is 1. The van der Waals surface area contributed by atoms with Crippen LogP contribution in [0.15, 0.2) is 30.5 Å². The lowest BCUT2D eigenvalue weighted by Gasteiger charge is -2.34. The van der Waals surface area contributed by atoms with Crippen LogP contribution < -0.4 is 5.32 Å². The molecule has 0 unspecified atom stereocenters. The molecule has 0 atom stereocenters. The molecule has 2 saturated heterocycles. The van der Waals surface area contributed by atoms with Gasteiger partial charge < -0.3 is 19.9 Å². The first kappa shape index (κ1) is 28.4. The number of amides is 2. The van der Waals surface area contributed by atoms with E-state index < -0.39 is 5.60 Å². The molecular weight excluding hydrogens is 502 g/mol. The van der Waals surface area contributed by atoms with E-state index in [0.29, 0.717) is 43.1 Å². The molecule has 2 aliphatic heterocycles. The number of hydrogen-bond acceptors (Lipinski definition) is 5. The number of hydrogen-bond donors (Lipinski definition) is 1. The fraction of sp³-hybridized carbons (Fsp3) is 0.621. The number of nitrogens with zero attached hydrogens (tertiary/aromatic N) is 4. The maximum Gasteiger partial charge on any atom is 0.410 e. The van der Waals surface area contributed by atoms with E-state index in [0.717, 1.165) is 43.4 Å². The first-order valence-electron chi connectivity index (χ1n) is 13.9. The molecule has 0 aliphatic carbocycles. The molecule has 1 aromatic heterocycles. The number of likely N-dealkylation sites (tertiary alicyclic amines) is 2. The second-order valence-corrected chi connectivity index (χ2v) is 12.1. The summed E-state index contributed by atoms with van der Waals surface area (Å²) in [6.07, 6.45) is 6.21. The molecule has 3 heterocycles. The van der Waals surface area contributed by atoms with E-state index in [1.165, 1.54) is 12.8 Å². The fourth-order valence-electron chi connectivity index (χ4n) is 5.29. The van der Waals surface area contributed by atoms with E-state index in [1.807, 2.05) is 45.0 Å². The predicted octanol–water partition coefficient (Wildman–Crippen LogP) is 5.49. The standard InChI is InChI=1S/C29H42ClN5O3/c1-21-10-16-33(17-11-21)15-7-14-31-27(36)23-20-32-35(25-9-6-5-8-24(25)30)26(23)22-12-18-34(19-13-22)28(37)38-29(2,3)4/h5-6,8-9,20-22H,7,10-19H2,1-4H3,(H,31,36).